The Morgan fingerprint density at radius 1 is 0.467 bits per heavy atom. The highest BCUT2D eigenvalue weighted by atomic mass is 16.7. The number of ether oxygens (including phenoxy) is 5. The number of carbonyl (C=O) groups excluding carboxylic acids is 3. The third-order valence-electron chi connectivity index (χ3n) is 11.4. The van der Waals surface area contributed by atoms with Crippen LogP contribution in [0.1, 0.15) is 175 Å². The number of carboxylic acid groups (broad SMARTS) is 1. The third kappa shape index (κ3) is 39.7. The first-order chi connectivity index (χ1) is 36.6. The number of carbonyl (C=O) groups is 4. The van der Waals surface area contributed by atoms with Crippen LogP contribution < -0.4 is 0 Å². The number of aliphatic hydroxyl groups is 2. The number of rotatable bonds is 44. The van der Waals surface area contributed by atoms with Crippen molar-refractivity contribution in [3.05, 3.63) is 146 Å². The van der Waals surface area contributed by atoms with Gasteiger partial charge in [-0.3, -0.25) is 14.4 Å². The molecule has 0 spiro atoms. The molecule has 418 valence electrons. The van der Waals surface area contributed by atoms with E-state index in [2.05, 4.69) is 118 Å². The van der Waals surface area contributed by atoms with Gasteiger partial charge in [0, 0.05) is 6.42 Å². The Morgan fingerprint density at radius 2 is 0.880 bits per heavy atom. The number of carboxylic acids is 1. The zero-order chi connectivity index (χ0) is 54.7. The van der Waals surface area contributed by atoms with Crippen LogP contribution in [0, 0.1) is 0 Å². The first-order valence-corrected chi connectivity index (χ1v) is 27.8. The van der Waals surface area contributed by atoms with E-state index in [1.54, 1.807) is 12.2 Å². The summed E-state index contributed by atoms with van der Waals surface area (Å²) in [4.78, 5) is 50.9. The quantitative estimate of drug-likeness (QED) is 0.0228. The van der Waals surface area contributed by atoms with Crippen LogP contribution >= 0.6 is 0 Å². The second-order valence-electron chi connectivity index (χ2n) is 18.1. The van der Waals surface area contributed by atoms with E-state index in [1.165, 1.54) is 19.3 Å². The summed E-state index contributed by atoms with van der Waals surface area (Å²) in [6.07, 6.45) is 58.8. The number of aliphatic hydroxyl groups excluding tert-OH is 2. The highest BCUT2D eigenvalue weighted by Gasteiger charge is 2.50. The standard InChI is InChI=1S/C63H94O12/c1-4-7-10-13-16-19-22-25-28-31-34-37-40-43-46-49-55(64)71-52-54(73-56(65)50-47-44-41-38-35-32-29-26-23-20-17-14-11-8-5-2)53-72-63-61(59(68)58(67)60(75-63)62(69)70)74-57(66)51-48-45-42-39-36-33-30-27-24-21-18-15-12-9-6-3/h7-8,10-11,16-21,25-30,34-35,37-38,43-44,46-47,54,58-61,63,67-68H,4-6,9,12-15,22-24,31-33,36,39-42,45,48-53H2,1-3H3,(H,69,70)/b10-7-,11-8-,19-16-,20-17-,21-18-,28-25-,29-26-,30-27-,37-34-,38-35-,46-43-,47-44-. The summed E-state index contributed by atoms with van der Waals surface area (Å²) in [5, 5.41) is 31.4. The smallest absolute Gasteiger partial charge is 0.335 e. The molecule has 12 nitrogen and oxygen atoms in total. The average Bonchev–Trinajstić information content (AvgIpc) is 3.39. The highest BCUT2D eigenvalue weighted by molar-refractivity contribution is 5.74. The minimum atomic E-state index is -1.94. The number of hydrogen-bond donors (Lipinski definition) is 3. The Kier molecular flexibility index (Phi) is 44.6. The van der Waals surface area contributed by atoms with Crippen LogP contribution in [0.15, 0.2) is 146 Å². The molecule has 0 aliphatic carbocycles. The fraction of sp³-hybridized carbons (Fsp3) is 0.556. The van der Waals surface area contributed by atoms with Crippen LogP contribution in [0.3, 0.4) is 0 Å². The number of unbranched alkanes of at least 4 members (excludes halogenated alkanes) is 8. The summed E-state index contributed by atoms with van der Waals surface area (Å²) in [5.41, 5.74) is 0. The largest absolute Gasteiger partial charge is 0.479 e. The Balaban J connectivity index is 2.85. The summed E-state index contributed by atoms with van der Waals surface area (Å²) in [6, 6.07) is 0. The Bertz CT molecular complexity index is 1860. The van der Waals surface area contributed by atoms with E-state index in [1.807, 2.05) is 36.5 Å². The molecule has 6 unspecified atom stereocenters. The maximum atomic E-state index is 13.1. The molecule has 0 radical (unpaired) electrons. The zero-order valence-electron chi connectivity index (χ0n) is 45.7. The first-order valence-electron chi connectivity index (χ1n) is 27.8. The van der Waals surface area contributed by atoms with E-state index >= 15 is 0 Å². The van der Waals surface area contributed by atoms with Gasteiger partial charge in [-0.2, -0.15) is 0 Å². The van der Waals surface area contributed by atoms with Crippen LogP contribution in [0.4, 0.5) is 0 Å². The Labute approximate surface area is 451 Å². The normalized spacial score (nSPS) is 19.3. The molecule has 1 fully saturated rings. The maximum absolute atomic E-state index is 13.1. The second kappa shape index (κ2) is 49.5. The van der Waals surface area contributed by atoms with Crippen LogP contribution in [-0.2, 0) is 42.9 Å². The van der Waals surface area contributed by atoms with Crippen molar-refractivity contribution < 1.29 is 58.2 Å². The van der Waals surface area contributed by atoms with Crippen molar-refractivity contribution in [1.82, 2.24) is 0 Å². The lowest BCUT2D eigenvalue weighted by molar-refractivity contribution is -0.301. The molecule has 6 atom stereocenters. The number of aliphatic carboxylic acids is 1. The molecule has 75 heavy (non-hydrogen) atoms. The molecule has 1 heterocycles. The van der Waals surface area contributed by atoms with Gasteiger partial charge in [0.25, 0.3) is 0 Å². The van der Waals surface area contributed by atoms with Gasteiger partial charge in [-0.15, -0.1) is 0 Å². The molecule has 0 bridgehead atoms. The second-order valence-corrected chi connectivity index (χ2v) is 18.1. The summed E-state index contributed by atoms with van der Waals surface area (Å²) < 4.78 is 28.1. The van der Waals surface area contributed by atoms with Crippen molar-refractivity contribution in [2.75, 3.05) is 13.2 Å². The van der Waals surface area contributed by atoms with Crippen LogP contribution in [-0.4, -0.2) is 89.2 Å². The number of hydrogen-bond acceptors (Lipinski definition) is 11. The monoisotopic (exact) mass is 1040 g/mol. The predicted molar refractivity (Wildman–Crippen MR) is 302 cm³/mol. The Hall–Kier alpha value is -5.40. The van der Waals surface area contributed by atoms with Crippen LogP contribution in [0.2, 0.25) is 0 Å². The van der Waals surface area contributed by atoms with E-state index in [4.69, 9.17) is 23.7 Å². The summed E-state index contributed by atoms with van der Waals surface area (Å²) in [5.74, 6) is -3.50. The fourth-order valence-electron chi connectivity index (χ4n) is 7.25. The molecule has 0 aromatic rings. The van der Waals surface area contributed by atoms with Gasteiger partial charge >= 0.3 is 23.9 Å². The van der Waals surface area contributed by atoms with Crippen molar-refractivity contribution >= 4 is 23.9 Å². The zero-order valence-corrected chi connectivity index (χ0v) is 45.7. The lowest BCUT2D eigenvalue weighted by Gasteiger charge is -2.40. The van der Waals surface area contributed by atoms with E-state index in [0.29, 0.717) is 19.3 Å². The van der Waals surface area contributed by atoms with Gasteiger partial charge in [0.2, 0.25) is 0 Å². The van der Waals surface area contributed by atoms with E-state index in [0.717, 1.165) is 96.3 Å². The minimum Gasteiger partial charge on any atom is -0.479 e. The van der Waals surface area contributed by atoms with E-state index < -0.39 is 73.9 Å². The molecule has 0 amide bonds. The van der Waals surface area contributed by atoms with Gasteiger partial charge in [-0.25, -0.2) is 4.79 Å². The summed E-state index contributed by atoms with van der Waals surface area (Å²) in [6.45, 7) is 5.52. The fourth-order valence-corrected chi connectivity index (χ4v) is 7.25. The van der Waals surface area contributed by atoms with Gasteiger partial charge in [0.15, 0.2) is 24.6 Å². The highest BCUT2D eigenvalue weighted by Crippen LogP contribution is 2.26. The molecular weight excluding hydrogens is 949 g/mol. The van der Waals surface area contributed by atoms with Gasteiger partial charge in [-0.05, 0) is 103 Å². The third-order valence-corrected chi connectivity index (χ3v) is 11.4. The molecule has 1 rings (SSSR count). The molecule has 3 N–H and O–H groups in total. The van der Waals surface area contributed by atoms with Crippen molar-refractivity contribution in [2.24, 2.45) is 0 Å². The summed E-state index contributed by atoms with van der Waals surface area (Å²) >= 11 is 0. The molecule has 0 aromatic carbocycles. The average molecular weight is 1040 g/mol. The number of esters is 3. The molecule has 0 aromatic heterocycles. The summed E-state index contributed by atoms with van der Waals surface area (Å²) in [7, 11) is 0. The van der Waals surface area contributed by atoms with Gasteiger partial charge in [-0.1, -0.05) is 199 Å². The topological polar surface area (TPSA) is 175 Å². The molecule has 12 heteroatoms. The van der Waals surface area contributed by atoms with E-state index in [-0.39, 0.29) is 19.3 Å². The molecular formula is C63H94O12. The van der Waals surface area contributed by atoms with Crippen molar-refractivity contribution in [2.45, 2.75) is 212 Å². The minimum absolute atomic E-state index is 0.0166. The molecule has 1 aliphatic heterocycles. The number of allylic oxidation sites excluding steroid dienone is 22. The van der Waals surface area contributed by atoms with Crippen LogP contribution in [0.5, 0.6) is 0 Å². The lowest BCUT2D eigenvalue weighted by Crippen LogP contribution is -2.61. The van der Waals surface area contributed by atoms with Gasteiger partial charge in [0.1, 0.15) is 18.8 Å². The maximum Gasteiger partial charge on any atom is 0.335 e. The van der Waals surface area contributed by atoms with Gasteiger partial charge in [0.05, 0.1) is 19.4 Å². The van der Waals surface area contributed by atoms with E-state index in [9.17, 15) is 34.5 Å². The Morgan fingerprint density at radius 3 is 1.35 bits per heavy atom. The van der Waals surface area contributed by atoms with Crippen molar-refractivity contribution in [1.29, 1.82) is 0 Å². The molecule has 1 saturated heterocycles. The molecule has 1 aliphatic rings. The van der Waals surface area contributed by atoms with Crippen molar-refractivity contribution in [3.63, 3.8) is 0 Å². The van der Waals surface area contributed by atoms with Crippen molar-refractivity contribution in [3.8, 4) is 0 Å². The molecule has 0 saturated carbocycles. The first kappa shape index (κ1) is 67.6. The lowest BCUT2D eigenvalue weighted by atomic mass is 9.98. The SMILES string of the molecule is CC/C=C\C/C=C\C/C=C\C/C=C\C/C=C\CC(=O)OCC(COC1OC(C(=O)O)C(O)C(O)C1OC(=O)CCCCCCC/C=C\C/C=C\CCCCC)OC(=O)C/C=C\C/C=C\C/C=C\C/C=C\C/C=C\CC. The predicted octanol–water partition coefficient (Wildman–Crippen LogP) is 14.0. The van der Waals surface area contributed by atoms with Crippen LogP contribution in [0.25, 0.3) is 0 Å². The van der Waals surface area contributed by atoms with Gasteiger partial charge < -0.3 is 39.0 Å².